The zero-order valence-electron chi connectivity index (χ0n) is 20.7. The Morgan fingerprint density at radius 1 is 0.379 bits per heavy atom. The smallest absolute Gasteiger partial charge is 0.000672 e. The summed E-state index contributed by atoms with van der Waals surface area (Å²) in [6.07, 6.45) is 29.8. The molecule has 0 aromatic heterocycles. The van der Waals surface area contributed by atoms with Crippen LogP contribution >= 0.6 is 0 Å². The SMILES string of the molecule is CCCCCCCCCCCCN(CCCN)CCCCCCCCCCCC. The van der Waals surface area contributed by atoms with Crippen LogP contribution in [-0.4, -0.2) is 31.1 Å². The second kappa shape index (κ2) is 26.0. The molecule has 0 spiro atoms. The van der Waals surface area contributed by atoms with E-state index in [1.165, 1.54) is 148 Å². The van der Waals surface area contributed by atoms with E-state index in [1.54, 1.807) is 0 Å². The topological polar surface area (TPSA) is 29.3 Å². The maximum absolute atomic E-state index is 5.76. The normalized spacial score (nSPS) is 11.6. The first-order chi connectivity index (χ1) is 14.3. The van der Waals surface area contributed by atoms with E-state index in [4.69, 9.17) is 5.73 Å². The van der Waals surface area contributed by atoms with Crippen molar-refractivity contribution in [3.8, 4) is 0 Å². The van der Waals surface area contributed by atoms with Crippen molar-refractivity contribution in [3.63, 3.8) is 0 Å². The molecule has 2 nitrogen and oxygen atoms in total. The highest BCUT2D eigenvalue weighted by atomic mass is 15.1. The van der Waals surface area contributed by atoms with Crippen molar-refractivity contribution in [1.82, 2.24) is 4.90 Å². The predicted octanol–water partition coefficient (Wildman–Crippen LogP) is 8.48. The molecule has 0 aromatic rings. The molecular formula is C27H58N2. The fourth-order valence-corrected chi connectivity index (χ4v) is 4.30. The molecule has 0 heterocycles. The number of nitrogens with zero attached hydrogens (tertiary/aromatic N) is 1. The Hall–Kier alpha value is -0.0800. The average Bonchev–Trinajstić information content (AvgIpc) is 2.74. The van der Waals surface area contributed by atoms with Crippen LogP contribution in [0.15, 0.2) is 0 Å². The second-order valence-electron chi connectivity index (χ2n) is 9.35. The summed E-state index contributed by atoms with van der Waals surface area (Å²) in [6, 6.07) is 0. The molecule has 0 saturated carbocycles. The van der Waals surface area contributed by atoms with E-state index in [2.05, 4.69) is 18.7 Å². The van der Waals surface area contributed by atoms with Gasteiger partial charge in [-0.1, -0.05) is 129 Å². The van der Waals surface area contributed by atoms with Crippen LogP contribution in [0.25, 0.3) is 0 Å². The highest BCUT2D eigenvalue weighted by molar-refractivity contribution is 4.60. The zero-order chi connectivity index (χ0) is 21.3. The minimum atomic E-state index is 0.840. The molecule has 0 amide bonds. The zero-order valence-corrected chi connectivity index (χ0v) is 20.7. The molecule has 0 rings (SSSR count). The van der Waals surface area contributed by atoms with Gasteiger partial charge in [0, 0.05) is 0 Å². The van der Waals surface area contributed by atoms with Gasteiger partial charge in [0.15, 0.2) is 0 Å². The number of unbranched alkanes of at least 4 members (excludes halogenated alkanes) is 18. The summed E-state index contributed by atoms with van der Waals surface area (Å²) in [5.74, 6) is 0. The Morgan fingerprint density at radius 2 is 0.655 bits per heavy atom. The molecule has 0 saturated heterocycles. The molecule has 0 unspecified atom stereocenters. The van der Waals surface area contributed by atoms with Gasteiger partial charge in [0.1, 0.15) is 0 Å². The van der Waals surface area contributed by atoms with Crippen molar-refractivity contribution in [1.29, 1.82) is 0 Å². The van der Waals surface area contributed by atoms with Crippen LogP contribution in [0.4, 0.5) is 0 Å². The third kappa shape index (κ3) is 24.1. The molecule has 0 aliphatic heterocycles. The van der Waals surface area contributed by atoms with Crippen molar-refractivity contribution in [2.45, 2.75) is 149 Å². The van der Waals surface area contributed by atoms with E-state index in [-0.39, 0.29) is 0 Å². The highest BCUT2D eigenvalue weighted by Gasteiger charge is 2.04. The van der Waals surface area contributed by atoms with Crippen molar-refractivity contribution in [2.75, 3.05) is 26.2 Å². The Kier molecular flexibility index (Phi) is 25.9. The summed E-state index contributed by atoms with van der Waals surface area (Å²) in [7, 11) is 0. The molecular weight excluding hydrogens is 352 g/mol. The number of hydrogen-bond donors (Lipinski definition) is 1. The Balaban J connectivity index is 3.52. The molecule has 29 heavy (non-hydrogen) atoms. The molecule has 0 atom stereocenters. The number of hydrogen-bond acceptors (Lipinski definition) is 2. The van der Waals surface area contributed by atoms with Gasteiger partial charge in [-0.25, -0.2) is 0 Å². The molecule has 0 aromatic carbocycles. The van der Waals surface area contributed by atoms with E-state index in [0.717, 1.165) is 13.0 Å². The van der Waals surface area contributed by atoms with Crippen LogP contribution in [0, 0.1) is 0 Å². The third-order valence-electron chi connectivity index (χ3n) is 6.33. The molecule has 0 aliphatic rings. The van der Waals surface area contributed by atoms with Gasteiger partial charge < -0.3 is 10.6 Å². The van der Waals surface area contributed by atoms with Crippen LogP contribution in [0.3, 0.4) is 0 Å². The molecule has 0 fully saturated rings. The average molecular weight is 411 g/mol. The van der Waals surface area contributed by atoms with Crippen molar-refractivity contribution < 1.29 is 0 Å². The first-order valence-corrected chi connectivity index (χ1v) is 13.8. The van der Waals surface area contributed by atoms with Gasteiger partial charge in [-0.3, -0.25) is 0 Å². The van der Waals surface area contributed by atoms with E-state index in [1.807, 2.05) is 0 Å². The van der Waals surface area contributed by atoms with E-state index < -0.39 is 0 Å². The van der Waals surface area contributed by atoms with Crippen molar-refractivity contribution in [2.24, 2.45) is 5.73 Å². The largest absolute Gasteiger partial charge is 0.330 e. The van der Waals surface area contributed by atoms with Crippen LogP contribution in [0.5, 0.6) is 0 Å². The lowest BCUT2D eigenvalue weighted by Crippen LogP contribution is -2.28. The summed E-state index contributed by atoms with van der Waals surface area (Å²) in [6.45, 7) is 9.25. The fourth-order valence-electron chi connectivity index (χ4n) is 4.30. The maximum Gasteiger partial charge on any atom is -0.000672 e. The maximum atomic E-state index is 5.76. The van der Waals surface area contributed by atoms with E-state index in [0.29, 0.717) is 0 Å². The van der Waals surface area contributed by atoms with Crippen LogP contribution in [0.1, 0.15) is 149 Å². The van der Waals surface area contributed by atoms with Gasteiger partial charge in [0.2, 0.25) is 0 Å². The number of rotatable bonds is 25. The van der Waals surface area contributed by atoms with Crippen molar-refractivity contribution >= 4 is 0 Å². The summed E-state index contributed by atoms with van der Waals surface area (Å²) >= 11 is 0. The van der Waals surface area contributed by atoms with Gasteiger partial charge in [-0.05, 0) is 45.4 Å². The second-order valence-corrected chi connectivity index (χ2v) is 9.35. The van der Waals surface area contributed by atoms with Gasteiger partial charge in [0.25, 0.3) is 0 Å². The summed E-state index contributed by atoms with van der Waals surface area (Å²) in [4.78, 5) is 2.70. The van der Waals surface area contributed by atoms with Crippen LogP contribution in [0.2, 0.25) is 0 Å². The fraction of sp³-hybridized carbons (Fsp3) is 1.00. The summed E-state index contributed by atoms with van der Waals surface area (Å²) in [5, 5.41) is 0. The first kappa shape index (κ1) is 28.9. The Bertz CT molecular complexity index is 256. The molecule has 0 aliphatic carbocycles. The molecule has 0 radical (unpaired) electrons. The van der Waals surface area contributed by atoms with Gasteiger partial charge >= 0.3 is 0 Å². The van der Waals surface area contributed by atoms with E-state index in [9.17, 15) is 0 Å². The van der Waals surface area contributed by atoms with Crippen molar-refractivity contribution in [3.05, 3.63) is 0 Å². The van der Waals surface area contributed by atoms with Gasteiger partial charge in [0.05, 0.1) is 0 Å². The third-order valence-corrected chi connectivity index (χ3v) is 6.33. The lowest BCUT2D eigenvalue weighted by Gasteiger charge is -2.22. The standard InChI is InChI=1S/C27H58N2/c1-3-5-7-9-11-13-15-17-19-21-25-29(27-23-24-28)26-22-20-18-16-14-12-10-8-6-4-2/h3-28H2,1-2H3. The minimum Gasteiger partial charge on any atom is -0.330 e. The molecule has 176 valence electrons. The quantitative estimate of drug-likeness (QED) is 0.153. The molecule has 0 bridgehead atoms. The summed E-state index contributed by atoms with van der Waals surface area (Å²) in [5.41, 5.74) is 5.76. The van der Waals surface area contributed by atoms with Gasteiger partial charge in [-0.2, -0.15) is 0 Å². The lowest BCUT2D eigenvalue weighted by molar-refractivity contribution is 0.258. The minimum absolute atomic E-state index is 0.840. The summed E-state index contributed by atoms with van der Waals surface area (Å²) < 4.78 is 0. The molecule has 2 N–H and O–H groups in total. The Labute approximate surface area is 185 Å². The monoisotopic (exact) mass is 410 g/mol. The van der Waals surface area contributed by atoms with Gasteiger partial charge in [-0.15, -0.1) is 0 Å². The first-order valence-electron chi connectivity index (χ1n) is 13.8. The highest BCUT2D eigenvalue weighted by Crippen LogP contribution is 2.13. The predicted molar refractivity (Wildman–Crippen MR) is 134 cm³/mol. The number of nitrogens with two attached hydrogens (primary N) is 1. The van der Waals surface area contributed by atoms with E-state index >= 15 is 0 Å². The van der Waals surface area contributed by atoms with Crippen LogP contribution < -0.4 is 5.73 Å². The van der Waals surface area contributed by atoms with Crippen LogP contribution in [-0.2, 0) is 0 Å². The lowest BCUT2D eigenvalue weighted by atomic mass is 10.1. The Morgan fingerprint density at radius 3 is 0.966 bits per heavy atom. The molecule has 2 heteroatoms.